The summed E-state index contributed by atoms with van der Waals surface area (Å²) < 4.78 is 11.6. The van der Waals surface area contributed by atoms with Gasteiger partial charge in [0, 0.05) is 17.8 Å². The minimum absolute atomic E-state index is 0.0749. The number of carbonyl (C=O) groups excluding carboxylic acids is 1. The van der Waals surface area contributed by atoms with Gasteiger partial charge in [0.2, 0.25) is 0 Å². The molecule has 0 saturated heterocycles. The molecule has 0 fully saturated rings. The van der Waals surface area contributed by atoms with E-state index in [1.54, 1.807) is 35.0 Å². The highest BCUT2D eigenvalue weighted by atomic mass is 16.5. The minimum atomic E-state index is -0.424. The first kappa shape index (κ1) is 14.8. The van der Waals surface area contributed by atoms with E-state index in [2.05, 4.69) is 4.74 Å². The molecule has 0 N–H and O–H groups in total. The van der Waals surface area contributed by atoms with Crippen molar-refractivity contribution in [3.63, 3.8) is 0 Å². The third-order valence-corrected chi connectivity index (χ3v) is 3.20. The van der Waals surface area contributed by atoms with Crippen LogP contribution in [0, 0.1) is 6.92 Å². The van der Waals surface area contributed by atoms with Crippen LogP contribution < -0.4 is 10.3 Å². The van der Waals surface area contributed by atoms with Crippen molar-refractivity contribution < 1.29 is 14.3 Å². The Labute approximate surface area is 122 Å². The van der Waals surface area contributed by atoms with Crippen LogP contribution in [0.4, 0.5) is 0 Å². The molecule has 5 heteroatoms. The summed E-state index contributed by atoms with van der Waals surface area (Å²) in [6.45, 7) is 2.25. The molecule has 1 aromatic carbocycles. The number of hydrogen-bond donors (Lipinski definition) is 0. The van der Waals surface area contributed by atoms with Gasteiger partial charge in [-0.15, -0.1) is 0 Å². The number of ether oxygens (including phenoxy) is 2. The molecule has 5 nitrogen and oxygen atoms in total. The van der Waals surface area contributed by atoms with E-state index in [4.69, 9.17) is 4.74 Å². The van der Waals surface area contributed by atoms with Crippen molar-refractivity contribution in [3.05, 3.63) is 63.6 Å². The highest BCUT2D eigenvalue weighted by Crippen LogP contribution is 2.21. The minimum Gasteiger partial charge on any atom is -0.496 e. The Morgan fingerprint density at radius 1 is 1.19 bits per heavy atom. The van der Waals surface area contributed by atoms with E-state index in [9.17, 15) is 9.59 Å². The molecule has 0 amide bonds. The number of esters is 1. The third-order valence-electron chi connectivity index (χ3n) is 3.20. The lowest BCUT2D eigenvalue weighted by molar-refractivity contribution is 0.0600. The number of aromatic nitrogens is 1. The molecule has 0 aliphatic heterocycles. The van der Waals surface area contributed by atoms with Gasteiger partial charge in [0.15, 0.2) is 0 Å². The summed E-state index contributed by atoms with van der Waals surface area (Å²) in [6, 6.07) is 8.48. The summed E-state index contributed by atoms with van der Waals surface area (Å²) in [5, 5.41) is 0. The lowest BCUT2D eigenvalue weighted by atomic mass is 10.1. The van der Waals surface area contributed by atoms with Crippen molar-refractivity contribution in [1.82, 2.24) is 4.57 Å². The maximum atomic E-state index is 11.9. The van der Waals surface area contributed by atoms with Gasteiger partial charge in [0.25, 0.3) is 5.56 Å². The van der Waals surface area contributed by atoms with Gasteiger partial charge in [-0.05, 0) is 30.7 Å². The molecule has 0 saturated carbocycles. The second kappa shape index (κ2) is 6.26. The molecule has 2 aromatic rings. The smallest absolute Gasteiger partial charge is 0.337 e. The van der Waals surface area contributed by atoms with E-state index >= 15 is 0 Å². The number of hydrogen-bond acceptors (Lipinski definition) is 4. The summed E-state index contributed by atoms with van der Waals surface area (Å²) in [6.07, 6.45) is 1.74. The Kier molecular flexibility index (Phi) is 4.42. The molecule has 0 atom stereocenters. The van der Waals surface area contributed by atoms with E-state index < -0.39 is 5.97 Å². The van der Waals surface area contributed by atoms with Gasteiger partial charge < -0.3 is 14.0 Å². The Morgan fingerprint density at radius 3 is 2.57 bits per heavy atom. The number of benzene rings is 1. The topological polar surface area (TPSA) is 57.5 Å². The number of pyridine rings is 1. The van der Waals surface area contributed by atoms with Crippen molar-refractivity contribution in [2.75, 3.05) is 14.2 Å². The van der Waals surface area contributed by atoms with Crippen molar-refractivity contribution >= 4 is 5.97 Å². The van der Waals surface area contributed by atoms with E-state index in [1.807, 2.05) is 13.0 Å². The van der Waals surface area contributed by atoms with Crippen LogP contribution in [0.25, 0.3) is 0 Å². The van der Waals surface area contributed by atoms with Gasteiger partial charge in [-0.1, -0.05) is 6.07 Å². The SMILES string of the molecule is COC(=O)c1ccc(Cn2ccc(C)cc2=O)c(OC)c1. The largest absolute Gasteiger partial charge is 0.496 e. The van der Waals surface area contributed by atoms with Crippen LogP contribution >= 0.6 is 0 Å². The van der Waals surface area contributed by atoms with Crippen LogP contribution in [0.1, 0.15) is 21.5 Å². The summed E-state index contributed by atoms with van der Waals surface area (Å²) in [4.78, 5) is 23.4. The molecule has 0 radical (unpaired) electrons. The first-order valence-corrected chi connectivity index (χ1v) is 6.47. The van der Waals surface area contributed by atoms with Gasteiger partial charge in [-0.25, -0.2) is 4.79 Å². The first-order valence-electron chi connectivity index (χ1n) is 6.47. The quantitative estimate of drug-likeness (QED) is 0.807. The van der Waals surface area contributed by atoms with E-state index in [0.29, 0.717) is 17.9 Å². The van der Waals surface area contributed by atoms with Crippen LogP contribution in [0.3, 0.4) is 0 Å². The fourth-order valence-corrected chi connectivity index (χ4v) is 2.04. The van der Waals surface area contributed by atoms with Gasteiger partial charge in [0.1, 0.15) is 5.75 Å². The fourth-order valence-electron chi connectivity index (χ4n) is 2.04. The lowest BCUT2D eigenvalue weighted by Crippen LogP contribution is -2.19. The van der Waals surface area contributed by atoms with E-state index in [0.717, 1.165) is 11.1 Å². The summed E-state index contributed by atoms with van der Waals surface area (Å²) in [5.74, 6) is 0.123. The molecule has 1 heterocycles. The molecule has 0 unspecified atom stereocenters. The molecule has 110 valence electrons. The predicted octanol–water partition coefficient (Wildman–Crippen LogP) is 2.00. The Bertz CT molecular complexity index is 718. The number of carbonyl (C=O) groups is 1. The van der Waals surface area contributed by atoms with Gasteiger partial charge in [-0.3, -0.25) is 4.79 Å². The molecule has 0 aliphatic carbocycles. The van der Waals surface area contributed by atoms with Gasteiger partial charge in [-0.2, -0.15) is 0 Å². The maximum Gasteiger partial charge on any atom is 0.337 e. The zero-order valence-electron chi connectivity index (χ0n) is 12.3. The van der Waals surface area contributed by atoms with Crippen LogP contribution in [0.15, 0.2) is 41.3 Å². The molecule has 0 spiro atoms. The van der Waals surface area contributed by atoms with Crippen LogP contribution in [0.5, 0.6) is 5.75 Å². The average molecular weight is 287 g/mol. The van der Waals surface area contributed by atoms with E-state index in [-0.39, 0.29) is 5.56 Å². The normalized spacial score (nSPS) is 10.2. The second-order valence-electron chi connectivity index (χ2n) is 4.69. The summed E-state index contributed by atoms with van der Waals surface area (Å²) >= 11 is 0. The summed E-state index contributed by atoms with van der Waals surface area (Å²) in [7, 11) is 2.85. The standard InChI is InChI=1S/C16H17NO4/c1-11-6-7-17(15(18)8-11)10-13-5-4-12(16(19)21-3)9-14(13)20-2/h4-9H,10H2,1-3H3. The molecule has 2 rings (SSSR count). The Balaban J connectivity index is 2.35. The van der Waals surface area contributed by atoms with Crippen LogP contribution in [0.2, 0.25) is 0 Å². The monoisotopic (exact) mass is 287 g/mol. The maximum absolute atomic E-state index is 11.9. The fraction of sp³-hybridized carbons (Fsp3) is 0.250. The van der Waals surface area contributed by atoms with Crippen molar-refractivity contribution in [1.29, 1.82) is 0 Å². The molecule has 0 aliphatic rings. The Hall–Kier alpha value is -2.56. The highest BCUT2D eigenvalue weighted by molar-refractivity contribution is 5.89. The Morgan fingerprint density at radius 2 is 1.95 bits per heavy atom. The zero-order chi connectivity index (χ0) is 15.4. The highest BCUT2D eigenvalue weighted by Gasteiger charge is 2.11. The number of rotatable bonds is 4. The molecule has 1 aromatic heterocycles. The molecule has 21 heavy (non-hydrogen) atoms. The lowest BCUT2D eigenvalue weighted by Gasteiger charge is -2.12. The zero-order valence-corrected chi connectivity index (χ0v) is 12.3. The van der Waals surface area contributed by atoms with Crippen LogP contribution in [-0.2, 0) is 11.3 Å². The average Bonchev–Trinajstić information content (AvgIpc) is 2.49. The second-order valence-corrected chi connectivity index (χ2v) is 4.69. The van der Waals surface area contributed by atoms with Crippen molar-refractivity contribution in [2.24, 2.45) is 0 Å². The molecular formula is C16H17NO4. The van der Waals surface area contributed by atoms with Crippen molar-refractivity contribution in [2.45, 2.75) is 13.5 Å². The molecular weight excluding hydrogens is 270 g/mol. The number of nitrogens with zero attached hydrogens (tertiary/aromatic N) is 1. The van der Waals surface area contributed by atoms with Gasteiger partial charge in [0.05, 0.1) is 26.3 Å². The summed E-state index contributed by atoms with van der Waals surface area (Å²) in [5.41, 5.74) is 2.07. The van der Waals surface area contributed by atoms with Crippen LogP contribution in [-0.4, -0.2) is 24.8 Å². The number of methoxy groups -OCH3 is 2. The van der Waals surface area contributed by atoms with Crippen molar-refractivity contribution in [3.8, 4) is 5.75 Å². The van der Waals surface area contributed by atoms with E-state index in [1.165, 1.54) is 14.2 Å². The van der Waals surface area contributed by atoms with Gasteiger partial charge >= 0.3 is 5.97 Å². The molecule has 0 bridgehead atoms. The number of aryl methyl sites for hydroxylation is 1. The predicted molar refractivity (Wildman–Crippen MR) is 78.9 cm³/mol. The first-order chi connectivity index (χ1) is 10.0. The third kappa shape index (κ3) is 3.31.